The van der Waals surface area contributed by atoms with E-state index in [2.05, 4.69) is 9.89 Å². The summed E-state index contributed by atoms with van der Waals surface area (Å²) < 4.78 is 0. The fraction of sp³-hybridized carbons (Fsp3) is 0.500. The van der Waals surface area contributed by atoms with E-state index in [0.717, 1.165) is 30.1 Å². The Morgan fingerprint density at radius 3 is 2.58 bits per heavy atom. The molecular formula is C14H21ClIN3. The van der Waals surface area contributed by atoms with E-state index in [1.807, 2.05) is 24.3 Å². The molecule has 106 valence electrons. The van der Waals surface area contributed by atoms with E-state index in [1.54, 1.807) is 0 Å². The van der Waals surface area contributed by atoms with Crippen molar-refractivity contribution in [2.24, 2.45) is 10.7 Å². The Morgan fingerprint density at radius 2 is 1.89 bits per heavy atom. The minimum Gasteiger partial charge on any atom is -0.370 e. The van der Waals surface area contributed by atoms with Crippen molar-refractivity contribution in [2.45, 2.75) is 25.7 Å². The summed E-state index contributed by atoms with van der Waals surface area (Å²) in [5.41, 5.74) is 7.13. The average Bonchev–Trinajstić information content (AvgIpc) is 2.42. The summed E-state index contributed by atoms with van der Waals surface area (Å²) in [5, 5.41) is 0.809. The first-order valence-electron chi connectivity index (χ1n) is 6.55. The van der Waals surface area contributed by atoms with E-state index in [1.165, 1.54) is 19.3 Å². The van der Waals surface area contributed by atoms with Gasteiger partial charge >= 0.3 is 0 Å². The highest BCUT2D eigenvalue weighted by molar-refractivity contribution is 14.0. The van der Waals surface area contributed by atoms with Gasteiger partial charge in [-0.15, -0.1) is 24.0 Å². The molecule has 1 aromatic carbocycles. The van der Waals surface area contributed by atoms with Gasteiger partial charge in [-0.3, -0.25) is 4.99 Å². The van der Waals surface area contributed by atoms with Crippen LogP contribution in [0.4, 0.5) is 0 Å². The van der Waals surface area contributed by atoms with Gasteiger partial charge in [0.1, 0.15) is 0 Å². The molecule has 2 N–H and O–H groups in total. The molecule has 0 amide bonds. The summed E-state index contributed by atoms with van der Waals surface area (Å²) in [6.45, 7) is 2.79. The zero-order valence-corrected chi connectivity index (χ0v) is 14.1. The van der Waals surface area contributed by atoms with Crippen molar-refractivity contribution in [1.29, 1.82) is 0 Å². The summed E-state index contributed by atoms with van der Waals surface area (Å²) in [6.07, 6.45) is 4.60. The van der Waals surface area contributed by atoms with Crippen LogP contribution < -0.4 is 5.73 Å². The number of guanidine groups is 1. The first kappa shape index (κ1) is 16.6. The van der Waals surface area contributed by atoms with Crippen molar-refractivity contribution in [1.82, 2.24) is 4.90 Å². The molecule has 0 saturated carbocycles. The van der Waals surface area contributed by atoms with Crippen molar-refractivity contribution in [3.8, 4) is 0 Å². The van der Waals surface area contributed by atoms with Crippen molar-refractivity contribution in [3.63, 3.8) is 0 Å². The number of hydrogen-bond acceptors (Lipinski definition) is 1. The predicted molar refractivity (Wildman–Crippen MR) is 92.5 cm³/mol. The summed E-state index contributed by atoms with van der Waals surface area (Å²) in [6, 6.07) is 7.89. The number of hydrogen-bond donors (Lipinski definition) is 1. The minimum absolute atomic E-state index is 0. The number of halogens is 2. The van der Waals surface area contributed by atoms with Crippen molar-refractivity contribution in [2.75, 3.05) is 19.6 Å². The number of nitrogens with two attached hydrogens (primary N) is 1. The molecule has 0 aromatic heterocycles. The van der Waals surface area contributed by atoms with Crippen LogP contribution in [0.1, 0.15) is 24.8 Å². The van der Waals surface area contributed by atoms with Gasteiger partial charge < -0.3 is 10.6 Å². The number of aliphatic imine (C=N–C) groups is 1. The van der Waals surface area contributed by atoms with Crippen LogP contribution >= 0.6 is 35.6 Å². The van der Waals surface area contributed by atoms with Gasteiger partial charge in [0.25, 0.3) is 0 Å². The van der Waals surface area contributed by atoms with E-state index in [0.29, 0.717) is 12.5 Å². The quantitative estimate of drug-likeness (QED) is 0.486. The largest absolute Gasteiger partial charge is 0.370 e. The topological polar surface area (TPSA) is 41.6 Å². The van der Waals surface area contributed by atoms with Crippen molar-refractivity contribution in [3.05, 3.63) is 34.9 Å². The SMILES string of the molecule is I.NC(=NCCc1ccccc1Cl)N1CCCCC1. The highest BCUT2D eigenvalue weighted by Gasteiger charge is 2.11. The van der Waals surface area contributed by atoms with E-state index < -0.39 is 0 Å². The Balaban J connectivity index is 0.00000180. The number of benzene rings is 1. The number of rotatable bonds is 3. The molecule has 0 spiro atoms. The van der Waals surface area contributed by atoms with Gasteiger partial charge in [0.15, 0.2) is 5.96 Å². The Morgan fingerprint density at radius 1 is 1.21 bits per heavy atom. The van der Waals surface area contributed by atoms with Gasteiger partial charge in [0.05, 0.1) is 0 Å². The van der Waals surface area contributed by atoms with Gasteiger partial charge in [-0.25, -0.2) is 0 Å². The molecule has 1 aromatic rings. The maximum atomic E-state index is 6.10. The maximum absolute atomic E-state index is 6.10. The lowest BCUT2D eigenvalue weighted by Crippen LogP contribution is -2.41. The fourth-order valence-electron chi connectivity index (χ4n) is 2.22. The number of nitrogens with zero attached hydrogens (tertiary/aromatic N) is 2. The molecule has 5 heteroatoms. The Bertz CT molecular complexity index is 417. The summed E-state index contributed by atoms with van der Waals surface area (Å²) in [4.78, 5) is 6.62. The molecule has 1 fully saturated rings. The second kappa shape index (κ2) is 8.64. The molecule has 3 nitrogen and oxygen atoms in total. The van der Waals surface area contributed by atoms with Crippen LogP contribution in [0.15, 0.2) is 29.3 Å². The van der Waals surface area contributed by atoms with Gasteiger partial charge in [-0.1, -0.05) is 29.8 Å². The predicted octanol–water partition coefficient (Wildman–Crippen LogP) is 3.30. The molecule has 0 radical (unpaired) electrons. The fourth-order valence-corrected chi connectivity index (χ4v) is 2.45. The molecule has 0 unspecified atom stereocenters. The smallest absolute Gasteiger partial charge is 0.191 e. The Kier molecular flexibility index (Phi) is 7.53. The molecule has 0 bridgehead atoms. The lowest BCUT2D eigenvalue weighted by atomic mass is 10.1. The lowest BCUT2D eigenvalue weighted by molar-refractivity contribution is 0.338. The van der Waals surface area contributed by atoms with Crippen LogP contribution in [0.2, 0.25) is 5.02 Å². The third kappa shape index (κ3) is 5.18. The minimum atomic E-state index is 0. The second-order valence-corrected chi connectivity index (χ2v) is 5.04. The number of likely N-dealkylation sites (tertiary alicyclic amines) is 1. The third-order valence-corrected chi connectivity index (χ3v) is 3.66. The molecule has 19 heavy (non-hydrogen) atoms. The summed E-state index contributed by atoms with van der Waals surface area (Å²) >= 11 is 6.10. The second-order valence-electron chi connectivity index (χ2n) is 4.63. The number of piperidine rings is 1. The van der Waals surface area contributed by atoms with Crippen LogP contribution in [-0.2, 0) is 6.42 Å². The molecule has 2 rings (SSSR count). The van der Waals surface area contributed by atoms with Crippen molar-refractivity contribution >= 4 is 41.5 Å². The first-order chi connectivity index (χ1) is 8.77. The third-order valence-electron chi connectivity index (χ3n) is 3.29. The van der Waals surface area contributed by atoms with Gasteiger partial charge in [0.2, 0.25) is 0 Å². The molecule has 1 saturated heterocycles. The average molecular weight is 394 g/mol. The Hall–Kier alpha value is -0.490. The zero-order valence-electron chi connectivity index (χ0n) is 11.0. The van der Waals surface area contributed by atoms with Crippen LogP contribution in [0.25, 0.3) is 0 Å². The molecule has 1 heterocycles. The molecular weight excluding hydrogens is 373 g/mol. The standard InChI is InChI=1S/C14H20ClN3.HI/c15-13-7-3-2-6-12(13)8-9-17-14(16)18-10-4-1-5-11-18;/h2-3,6-7H,1,4-5,8-11H2,(H2,16,17);1H. The van der Waals surface area contributed by atoms with E-state index in [4.69, 9.17) is 17.3 Å². The normalized spacial score (nSPS) is 16.1. The van der Waals surface area contributed by atoms with E-state index in [9.17, 15) is 0 Å². The highest BCUT2D eigenvalue weighted by atomic mass is 127. The van der Waals surface area contributed by atoms with Crippen LogP contribution in [0, 0.1) is 0 Å². The van der Waals surface area contributed by atoms with E-state index >= 15 is 0 Å². The van der Waals surface area contributed by atoms with Gasteiger partial charge in [-0.2, -0.15) is 0 Å². The summed E-state index contributed by atoms with van der Waals surface area (Å²) in [7, 11) is 0. The molecule has 0 aliphatic carbocycles. The zero-order chi connectivity index (χ0) is 12.8. The van der Waals surface area contributed by atoms with Gasteiger partial charge in [-0.05, 0) is 37.3 Å². The monoisotopic (exact) mass is 393 g/mol. The summed E-state index contributed by atoms with van der Waals surface area (Å²) in [5.74, 6) is 0.682. The molecule has 1 aliphatic heterocycles. The first-order valence-corrected chi connectivity index (χ1v) is 6.93. The van der Waals surface area contributed by atoms with E-state index in [-0.39, 0.29) is 24.0 Å². The highest BCUT2D eigenvalue weighted by Crippen LogP contribution is 2.15. The molecule has 1 aliphatic rings. The van der Waals surface area contributed by atoms with Crippen molar-refractivity contribution < 1.29 is 0 Å². The maximum Gasteiger partial charge on any atom is 0.191 e. The van der Waals surface area contributed by atoms with Crippen LogP contribution in [0.5, 0.6) is 0 Å². The molecule has 0 atom stereocenters. The lowest BCUT2D eigenvalue weighted by Gasteiger charge is -2.27. The van der Waals surface area contributed by atoms with Crippen LogP contribution in [0.3, 0.4) is 0 Å². The van der Waals surface area contributed by atoms with Crippen LogP contribution in [-0.4, -0.2) is 30.5 Å². The van der Waals surface area contributed by atoms with Gasteiger partial charge in [0, 0.05) is 24.7 Å². The Labute approximate surface area is 137 Å².